The Morgan fingerprint density at radius 3 is 2.73 bits per heavy atom. The number of carbonyl (C=O) groups is 2. The van der Waals surface area contributed by atoms with Gasteiger partial charge in [0, 0.05) is 34.0 Å². The molecule has 1 aliphatic rings. The highest BCUT2D eigenvalue weighted by Gasteiger charge is 2.29. The van der Waals surface area contributed by atoms with Crippen LogP contribution in [0.5, 0.6) is 5.75 Å². The van der Waals surface area contributed by atoms with Gasteiger partial charge in [0.05, 0.1) is 12.3 Å². The maximum atomic E-state index is 12.9. The Kier molecular flexibility index (Phi) is 4.20. The van der Waals surface area contributed by atoms with Gasteiger partial charge < -0.3 is 19.4 Å². The predicted molar refractivity (Wildman–Crippen MR) is 117 cm³/mol. The first-order valence-electron chi connectivity index (χ1n) is 9.96. The van der Waals surface area contributed by atoms with Gasteiger partial charge in [0.15, 0.2) is 17.1 Å². The summed E-state index contributed by atoms with van der Waals surface area (Å²) in [5, 5.41) is 5.44. The zero-order valence-electron chi connectivity index (χ0n) is 16.7. The van der Waals surface area contributed by atoms with Crippen molar-refractivity contribution in [2.75, 3.05) is 23.4 Å². The second-order valence-corrected chi connectivity index (χ2v) is 7.08. The van der Waals surface area contributed by atoms with Crippen LogP contribution >= 0.6 is 0 Å². The Labute approximate surface area is 173 Å². The van der Waals surface area contributed by atoms with Gasteiger partial charge in [-0.15, -0.1) is 0 Å². The first-order valence-corrected chi connectivity index (χ1v) is 9.96. The van der Waals surface area contributed by atoms with Crippen molar-refractivity contribution < 1.29 is 18.7 Å². The summed E-state index contributed by atoms with van der Waals surface area (Å²) in [4.78, 5) is 27.4. The lowest BCUT2D eigenvalue weighted by Gasteiger charge is -2.15. The van der Waals surface area contributed by atoms with Gasteiger partial charge in [0.25, 0.3) is 11.8 Å². The molecule has 2 heterocycles. The number of benzene rings is 3. The molecule has 0 atom stereocenters. The molecule has 0 fully saturated rings. The molecule has 0 saturated heterocycles. The summed E-state index contributed by atoms with van der Waals surface area (Å²) in [6.45, 7) is 4.95. The molecule has 0 aliphatic carbocycles. The van der Waals surface area contributed by atoms with E-state index in [1.807, 2.05) is 62.4 Å². The van der Waals surface area contributed by atoms with Crippen molar-refractivity contribution in [2.45, 2.75) is 13.8 Å². The van der Waals surface area contributed by atoms with Crippen LogP contribution in [0.3, 0.4) is 0 Å². The first kappa shape index (κ1) is 18.2. The molecule has 0 saturated carbocycles. The third-order valence-electron chi connectivity index (χ3n) is 5.38. The zero-order valence-corrected chi connectivity index (χ0v) is 16.7. The van der Waals surface area contributed by atoms with E-state index < -0.39 is 0 Å². The predicted octanol–water partition coefficient (Wildman–Crippen LogP) is 5.22. The first-order chi connectivity index (χ1) is 14.6. The quantitative estimate of drug-likeness (QED) is 0.499. The fourth-order valence-electron chi connectivity index (χ4n) is 4.07. The second kappa shape index (κ2) is 6.91. The van der Waals surface area contributed by atoms with Gasteiger partial charge in [-0.1, -0.05) is 24.3 Å². The van der Waals surface area contributed by atoms with Crippen molar-refractivity contribution >= 4 is 44.9 Å². The van der Waals surface area contributed by atoms with Crippen LogP contribution in [0.1, 0.15) is 34.8 Å². The number of furan rings is 1. The number of carbonyl (C=O) groups excluding carboxylic acids is 2. The minimum absolute atomic E-state index is 0.0117. The number of para-hydroxylation sites is 1. The van der Waals surface area contributed by atoms with Crippen molar-refractivity contribution in [1.82, 2.24) is 0 Å². The lowest BCUT2D eigenvalue weighted by Crippen LogP contribution is -2.25. The largest absolute Gasteiger partial charge is 0.490 e. The van der Waals surface area contributed by atoms with Crippen LogP contribution in [0.4, 0.5) is 11.4 Å². The lowest BCUT2D eigenvalue weighted by molar-refractivity contribution is 0.0988. The number of nitrogens with zero attached hydrogens (tertiary/aromatic N) is 1. The van der Waals surface area contributed by atoms with Gasteiger partial charge in [0.1, 0.15) is 0 Å². The van der Waals surface area contributed by atoms with Gasteiger partial charge in [-0.3, -0.25) is 9.59 Å². The number of amides is 2. The molecule has 1 N–H and O–H groups in total. The van der Waals surface area contributed by atoms with E-state index in [0.717, 1.165) is 21.8 Å². The maximum Gasteiger partial charge on any atom is 0.291 e. The topological polar surface area (TPSA) is 71.8 Å². The summed E-state index contributed by atoms with van der Waals surface area (Å²) < 4.78 is 11.4. The summed E-state index contributed by atoms with van der Waals surface area (Å²) in [7, 11) is 0. The monoisotopic (exact) mass is 400 g/mol. The van der Waals surface area contributed by atoms with Gasteiger partial charge in [-0.05, 0) is 44.2 Å². The lowest BCUT2D eigenvalue weighted by atomic mass is 10.0. The van der Waals surface area contributed by atoms with Crippen LogP contribution in [-0.2, 0) is 0 Å². The van der Waals surface area contributed by atoms with E-state index in [0.29, 0.717) is 35.7 Å². The maximum absolute atomic E-state index is 12.9. The number of nitrogens with one attached hydrogen (secondary N) is 1. The Morgan fingerprint density at radius 1 is 1.10 bits per heavy atom. The van der Waals surface area contributed by atoms with Crippen LogP contribution in [0.2, 0.25) is 0 Å². The van der Waals surface area contributed by atoms with Gasteiger partial charge >= 0.3 is 0 Å². The molecular formula is C24H20N2O4. The normalized spacial score (nSPS) is 12.7. The van der Waals surface area contributed by atoms with E-state index in [1.54, 1.807) is 11.0 Å². The molecule has 0 bridgehead atoms. The van der Waals surface area contributed by atoms with E-state index in [-0.39, 0.29) is 17.6 Å². The van der Waals surface area contributed by atoms with Crippen LogP contribution in [-0.4, -0.2) is 25.0 Å². The summed E-state index contributed by atoms with van der Waals surface area (Å²) in [6.07, 6.45) is 0. The smallest absolute Gasteiger partial charge is 0.291 e. The van der Waals surface area contributed by atoms with Crippen LogP contribution in [0.25, 0.3) is 21.7 Å². The van der Waals surface area contributed by atoms with E-state index >= 15 is 0 Å². The summed E-state index contributed by atoms with van der Waals surface area (Å²) in [5.41, 5.74) is 2.72. The number of rotatable bonds is 5. The molecule has 2 amide bonds. The molecule has 1 aliphatic heterocycles. The summed E-state index contributed by atoms with van der Waals surface area (Å²) in [6, 6.07) is 16.5. The van der Waals surface area contributed by atoms with Gasteiger partial charge in [0.2, 0.25) is 0 Å². The van der Waals surface area contributed by atoms with Crippen molar-refractivity contribution in [2.24, 2.45) is 0 Å². The molecule has 6 nitrogen and oxygen atoms in total. The van der Waals surface area contributed by atoms with Crippen molar-refractivity contribution in [3.05, 3.63) is 65.9 Å². The van der Waals surface area contributed by atoms with E-state index in [2.05, 4.69) is 5.32 Å². The van der Waals surface area contributed by atoms with Gasteiger partial charge in [-0.25, -0.2) is 0 Å². The van der Waals surface area contributed by atoms with Crippen molar-refractivity contribution in [1.29, 1.82) is 0 Å². The third kappa shape index (κ3) is 2.64. The molecule has 1 aromatic heterocycles. The third-order valence-corrected chi connectivity index (χ3v) is 5.38. The van der Waals surface area contributed by atoms with Crippen LogP contribution in [0, 0.1) is 0 Å². The minimum atomic E-state index is -0.356. The van der Waals surface area contributed by atoms with Crippen LogP contribution < -0.4 is 15.0 Å². The molecule has 30 heavy (non-hydrogen) atoms. The Balaban J connectivity index is 1.54. The number of fused-ring (bicyclic) bond motifs is 1. The number of ether oxygens (including phenoxy) is 1. The highest BCUT2D eigenvalue weighted by Crippen LogP contribution is 2.40. The zero-order chi connectivity index (χ0) is 20.8. The Hall–Kier alpha value is -3.80. The molecule has 6 heteroatoms. The summed E-state index contributed by atoms with van der Waals surface area (Å²) in [5.74, 6) is 0.442. The highest BCUT2D eigenvalue weighted by atomic mass is 16.5. The average Bonchev–Trinajstić information content (AvgIpc) is 3.31. The molecule has 5 rings (SSSR count). The molecular weight excluding hydrogens is 380 g/mol. The molecule has 4 aromatic rings. The Morgan fingerprint density at radius 2 is 1.93 bits per heavy atom. The van der Waals surface area contributed by atoms with Gasteiger partial charge in [-0.2, -0.15) is 0 Å². The molecule has 0 spiro atoms. The van der Waals surface area contributed by atoms with Crippen LogP contribution in [0.15, 0.2) is 59.0 Å². The molecule has 0 radical (unpaired) electrons. The number of hydrogen-bond donors (Lipinski definition) is 1. The number of hydrogen-bond acceptors (Lipinski definition) is 4. The number of anilines is 2. The fourth-order valence-corrected chi connectivity index (χ4v) is 4.07. The molecule has 150 valence electrons. The van der Waals surface area contributed by atoms with E-state index in [9.17, 15) is 9.59 Å². The van der Waals surface area contributed by atoms with E-state index in [4.69, 9.17) is 9.15 Å². The van der Waals surface area contributed by atoms with E-state index in [1.165, 1.54) is 0 Å². The SMILES string of the molecule is CCOc1cccc2cc(C(=O)Nc3ccc4c5c(cccc35)C(=O)N4CC)oc12. The standard InChI is InChI=1S/C24H20N2O4/c1-3-26-18-12-11-17(15-8-6-9-16(21(15)18)24(26)28)25-23(27)20-13-14-7-5-10-19(29-4-2)22(14)30-20/h5-13H,3-4H2,1-2H3,(H,25,27). The van der Waals surface area contributed by atoms with Crippen molar-refractivity contribution in [3.63, 3.8) is 0 Å². The minimum Gasteiger partial charge on any atom is -0.490 e. The average molecular weight is 400 g/mol. The molecule has 3 aromatic carbocycles. The second-order valence-electron chi connectivity index (χ2n) is 7.08. The highest BCUT2D eigenvalue weighted by molar-refractivity contribution is 6.27. The Bertz CT molecular complexity index is 1320. The molecule has 0 unspecified atom stereocenters. The summed E-state index contributed by atoms with van der Waals surface area (Å²) >= 11 is 0. The van der Waals surface area contributed by atoms with Crippen molar-refractivity contribution in [3.8, 4) is 5.75 Å². The fraction of sp³-hybridized carbons (Fsp3) is 0.167.